The van der Waals surface area contributed by atoms with E-state index < -0.39 is 36.9 Å². The summed E-state index contributed by atoms with van der Waals surface area (Å²) >= 11 is 3.39. The molecule has 0 bridgehead atoms. The second kappa shape index (κ2) is 5.01. The van der Waals surface area contributed by atoms with E-state index >= 15 is 0 Å². The van der Waals surface area contributed by atoms with E-state index in [1.165, 1.54) is 0 Å². The molecule has 0 aliphatic rings. The summed E-state index contributed by atoms with van der Waals surface area (Å²) in [6.07, 6.45) is 0. The van der Waals surface area contributed by atoms with Gasteiger partial charge in [0.05, 0.1) is 0 Å². The Morgan fingerprint density at radius 2 is 2.55 bits per heavy atom. The van der Waals surface area contributed by atoms with Gasteiger partial charge < -0.3 is 10.4 Å². The number of carboxylic acid groups (broad SMARTS) is 1. The number of rotatable bonds is 4. The van der Waals surface area contributed by atoms with E-state index in [0.717, 1.165) is 0 Å². The molecule has 0 aromatic heterocycles. The zero-order chi connectivity index (χ0) is 13.1. The lowest BCUT2D eigenvalue weighted by atomic mass is 10.2. The first-order valence-electron chi connectivity index (χ1n) is 5.18. The molecule has 1 atom stereocenters. The third-order valence-electron chi connectivity index (χ3n) is 0.805. The van der Waals surface area contributed by atoms with E-state index in [-0.39, 0.29) is 0 Å². The van der Waals surface area contributed by atoms with Gasteiger partial charge in [-0.25, -0.2) is 0 Å². The second-order valence-electron chi connectivity index (χ2n) is 1.67. The number of thiol groups is 1. The van der Waals surface area contributed by atoms with E-state index in [4.69, 9.17) is 12.0 Å². The van der Waals surface area contributed by atoms with Crippen LogP contribution in [0.2, 0.25) is 0 Å². The van der Waals surface area contributed by atoms with Crippen LogP contribution in [0.1, 0.15) is 13.7 Å². The molecule has 4 nitrogen and oxygen atoms in total. The van der Waals surface area contributed by atoms with Crippen LogP contribution in [0, 0.1) is 5.92 Å². The van der Waals surface area contributed by atoms with E-state index in [9.17, 15) is 9.59 Å². The number of hydrogen-bond acceptors (Lipinski definition) is 3. The van der Waals surface area contributed by atoms with Crippen molar-refractivity contribution in [2.45, 2.75) is 6.85 Å². The number of aliphatic carboxylic acids is 1. The van der Waals surface area contributed by atoms with Gasteiger partial charge in [0.2, 0.25) is 5.91 Å². The molecule has 0 aliphatic carbocycles. The van der Waals surface area contributed by atoms with Gasteiger partial charge >= 0.3 is 5.97 Å². The summed E-state index contributed by atoms with van der Waals surface area (Å²) in [5, 5.41) is 10.1. The Morgan fingerprint density at radius 3 is 2.91 bits per heavy atom. The van der Waals surface area contributed by atoms with Crippen molar-refractivity contribution in [1.82, 2.24) is 5.32 Å². The van der Waals surface area contributed by atoms with Gasteiger partial charge in [-0.3, -0.25) is 9.59 Å². The van der Waals surface area contributed by atoms with Gasteiger partial charge in [-0.15, -0.1) is 0 Å². The Morgan fingerprint density at radius 1 is 1.91 bits per heavy atom. The maximum atomic E-state index is 11.3. The van der Waals surface area contributed by atoms with Crippen LogP contribution in [-0.2, 0) is 9.59 Å². The quantitative estimate of drug-likeness (QED) is 0.525. The predicted octanol–water partition coefficient (Wildman–Crippen LogP) is -0.247. The highest BCUT2D eigenvalue weighted by Gasteiger charge is 2.10. The predicted molar refractivity (Wildman–Crippen MR) is 43.7 cm³/mol. The van der Waals surface area contributed by atoms with Gasteiger partial charge in [-0.05, 0) is 0 Å². The first-order valence-corrected chi connectivity index (χ1v) is 3.13. The molecule has 0 saturated heterocycles. The highest BCUT2D eigenvalue weighted by Crippen LogP contribution is 1.95. The average Bonchev–Trinajstić information content (AvgIpc) is 1.94. The van der Waals surface area contributed by atoms with E-state index in [0.29, 0.717) is 0 Å². The third-order valence-corrected chi connectivity index (χ3v) is 1.06. The summed E-state index contributed by atoms with van der Waals surface area (Å²) in [5.41, 5.74) is -2.56. The van der Waals surface area contributed by atoms with Gasteiger partial charge in [0.1, 0.15) is 6.54 Å². The molecule has 0 aliphatic heterocycles. The highest BCUT2D eigenvalue weighted by molar-refractivity contribution is 7.80. The summed E-state index contributed by atoms with van der Waals surface area (Å²) in [7, 11) is 0. The van der Waals surface area contributed by atoms with Crippen LogP contribution in [-0.4, -0.2) is 29.2 Å². The Hall–Kier alpha value is -0.710. The van der Waals surface area contributed by atoms with Crippen LogP contribution in [0.5, 0.6) is 0 Å². The highest BCUT2D eigenvalue weighted by atomic mass is 32.1. The summed E-state index contributed by atoms with van der Waals surface area (Å²) in [5.74, 6) is -4.58. The topological polar surface area (TPSA) is 66.4 Å². The Balaban J connectivity index is 4.80. The van der Waals surface area contributed by atoms with Crippen molar-refractivity contribution in [3.63, 3.8) is 0 Å². The lowest BCUT2D eigenvalue weighted by Crippen LogP contribution is -2.34. The van der Waals surface area contributed by atoms with Crippen molar-refractivity contribution >= 4 is 24.5 Å². The smallest absolute Gasteiger partial charge is 0.322 e. The van der Waals surface area contributed by atoms with Crippen LogP contribution >= 0.6 is 12.6 Å². The van der Waals surface area contributed by atoms with Crippen molar-refractivity contribution in [1.29, 1.82) is 0 Å². The van der Waals surface area contributed by atoms with Gasteiger partial charge in [0.25, 0.3) is 0 Å². The molecule has 11 heavy (non-hydrogen) atoms. The minimum Gasteiger partial charge on any atom is -0.480 e. The van der Waals surface area contributed by atoms with E-state index in [2.05, 4.69) is 12.6 Å². The van der Waals surface area contributed by atoms with E-state index in [1.54, 1.807) is 0 Å². The lowest BCUT2D eigenvalue weighted by Gasteiger charge is -2.06. The Labute approximate surface area is 77.4 Å². The van der Waals surface area contributed by atoms with Gasteiger partial charge in [-0.2, -0.15) is 12.6 Å². The van der Waals surface area contributed by atoms with Crippen molar-refractivity contribution < 1.29 is 21.5 Å². The lowest BCUT2D eigenvalue weighted by molar-refractivity contribution is -0.138. The average molecular weight is 182 g/mol. The van der Waals surface area contributed by atoms with Crippen LogP contribution in [0.15, 0.2) is 0 Å². The van der Waals surface area contributed by atoms with Gasteiger partial charge in [-0.1, -0.05) is 6.85 Å². The first kappa shape index (κ1) is 4.35. The Bertz CT molecular complexity index is 273. The number of nitrogens with one attached hydrogen (secondary N) is 1. The van der Waals surface area contributed by atoms with Gasteiger partial charge in [0.15, 0.2) is 0 Å². The molecule has 1 amide bonds. The molecule has 0 aromatic carbocycles. The molecule has 5 heteroatoms. The zero-order valence-corrected chi connectivity index (χ0v) is 6.39. The molecule has 0 fully saturated rings. The first-order chi connectivity index (χ1) is 6.96. The molecule has 2 N–H and O–H groups in total. The SMILES string of the molecule is [2H]C([2H])([2H])C(C(=O)NCC(=O)O)C([2H])([2H])S. The number of carbonyl (C=O) groups excluding carboxylic acids is 1. The minimum absolute atomic E-state index is 0.769. The fourth-order valence-corrected chi connectivity index (χ4v) is 0.441. The molecule has 1 unspecified atom stereocenters. The molecular weight excluding hydrogens is 166 g/mol. The standard InChI is InChI=1S/C6H11NO3S/c1-4(3-11)6(10)7-2-5(8)9/h4,11H,2-3H2,1H3,(H,7,10)(H,8,9)/i1D3,3D2. The van der Waals surface area contributed by atoms with Crippen LogP contribution in [0.4, 0.5) is 0 Å². The third kappa shape index (κ3) is 4.66. The summed E-state index contributed by atoms with van der Waals surface area (Å²) in [4.78, 5) is 21.5. The van der Waals surface area contributed by atoms with Crippen molar-refractivity contribution in [3.8, 4) is 0 Å². The maximum absolute atomic E-state index is 11.3. The largest absolute Gasteiger partial charge is 0.480 e. The molecular formula is C6H11NO3S. The van der Waals surface area contributed by atoms with Crippen LogP contribution in [0.25, 0.3) is 0 Å². The molecule has 0 aromatic rings. The van der Waals surface area contributed by atoms with Crippen LogP contribution in [0.3, 0.4) is 0 Å². The number of carbonyl (C=O) groups is 2. The zero-order valence-electron chi connectivity index (χ0n) is 10.5. The molecule has 0 heterocycles. The summed E-state index contributed by atoms with van der Waals surface area (Å²) < 4.78 is 35.2. The van der Waals surface area contributed by atoms with Crippen molar-refractivity contribution in [3.05, 3.63) is 0 Å². The Kier molecular flexibility index (Phi) is 1.98. The molecule has 0 rings (SSSR count). The number of carboxylic acids is 1. The fourth-order valence-electron chi connectivity index (χ4n) is 0.323. The number of amides is 1. The van der Waals surface area contributed by atoms with Gasteiger partial charge in [0, 0.05) is 18.5 Å². The van der Waals surface area contributed by atoms with Crippen molar-refractivity contribution in [2.24, 2.45) is 5.92 Å². The molecule has 64 valence electrons. The van der Waals surface area contributed by atoms with Crippen molar-refractivity contribution in [2.75, 3.05) is 12.2 Å². The van der Waals surface area contributed by atoms with Crippen LogP contribution < -0.4 is 5.32 Å². The maximum Gasteiger partial charge on any atom is 0.322 e. The molecule has 0 saturated carbocycles. The van der Waals surface area contributed by atoms with E-state index in [1.807, 2.05) is 5.32 Å². The summed E-state index contributed by atoms with van der Waals surface area (Å²) in [6, 6.07) is 0. The molecule has 0 spiro atoms. The molecule has 0 radical (unpaired) electrons. The monoisotopic (exact) mass is 182 g/mol. The summed E-state index contributed by atoms with van der Waals surface area (Å²) in [6.45, 7) is -3.66. The number of hydrogen-bond donors (Lipinski definition) is 3. The second-order valence-corrected chi connectivity index (χ2v) is 1.93. The minimum atomic E-state index is -2.90. The normalized spacial score (nSPS) is 21.4. The fraction of sp³-hybridized carbons (Fsp3) is 0.667.